The van der Waals surface area contributed by atoms with Crippen molar-refractivity contribution in [3.05, 3.63) is 65.5 Å². The van der Waals surface area contributed by atoms with Crippen LogP contribution in [0.5, 0.6) is 5.88 Å². The van der Waals surface area contributed by atoms with E-state index in [9.17, 15) is 18.0 Å². The van der Waals surface area contributed by atoms with Crippen LogP contribution in [0.25, 0.3) is 22.8 Å². The predicted octanol–water partition coefficient (Wildman–Crippen LogP) is 5.46. The van der Waals surface area contributed by atoms with E-state index in [0.29, 0.717) is 39.8 Å². The van der Waals surface area contributed by atoms with Gasteiger partial charge in [0.1, 0.15) is 29.6 Å². The molecule has 1 aliphatic carbocycles. The summed E-state index contributed by atoms with van der Waals surface area (Å²) in [7, 11) is 3.03. The molecule has 206 valence electrons. The SMILES string of the molecule is COc1ncnc(C2CC2)c1-c1ncc2c(n1)N(Cc1ccc(-c3nc(C(F)(F)F)cn3C)cc1)C(=O)OC2C. The van der Waals surface area contributed by atoms with Crippen LogP contribution in [0.15, 0.2) is 43.0 Å². The highest BCUT2D eigenvalue weighted by atomic mass is 19.4. The minimum absolute atomic E-state index is 0.113. The third kappa shape index (κ3) is 4.61. The summed E-state index contributed by atoms with van der Waals surface area (Å²) >= 11 is 0. The standard InChI is InChI=1S/C27H24F3N7O3/c1-14-18-10-31-22(20-21(16-8-9-16)32-13-33-25(20)39-3)35-24(18)37(26(38)40-14)11-15-4-6-17(7-5-15)23-34-19(12-36(23)2)27(28,29)30/h4-7,10,12-14,16H,8-9,11H2,1-3H3. The smallest absolute Gasteiger partial charge is 0.434 e. The Bertz CT molecular complexity index is 1600. The van der Waals surface area contributed by atoms with Gasteiger partial charge in [0, 0.05) is 30.9 Å². The van der Waals surface area contributed by atoms with Crippen LogP contribution >= 0.6 is 0 Å². The summed E-state index contributed by atoms with van der Waals surface area (Å²) in [5.41, 5.74) is 2.30. The van der Waals surface area contributed by atoms with E-state index in [2.05, 4.69) is 19.9 Å². The Hall–Kier alpha value is -4.55. The van der Waals surface area contributed by atoms with Gasteiger partial charge in [0.05, 0.1) is 24.9 Å². The molecule has 0 bridgehead atoms. The fourth-order valence-electron chi connectivity index (χ4n) is 4.74. The lowest BCUT2D eigenvalue weighted by atomic mass is 10.1. The molecule has 3 aromatic heterocycles. The molecular weight excluding hydrogens is 527 g/mol. The molecule has 13 heteroatoms. The van der Waals surface area contributed by atoms with Gasteiger partial charge in [0.15, 0.2) is 11.5 Å². The monoisotopic (exact) mass is 551 g/mol. The lowest BCUT2D eigenvalue weighted by molar-refractivity contribution is -0.140. The molecule has 40 heavy (non-hydrogen) atoms. The van der Waals surface area contributed by atoms with E-state index in [1.54, 1.807) is 37.4 Å². The average Bonchev–Trinajstić information content (AvgIpc) is 3.70. The first-order valence-corrected chi connectivity index (χ1v) is 12.6. The Morgan fingerprint density at radius 3 is 2.50 bits per heavy atom. The number of aryl methyl sites for hydroxylation is 1. The number of anilines is 1. The molecule has 6 rings (SSSR count). The van der Waals surface area contributed by atoms with Crippen molar-refractivity contribution in [2.75, 3.05) is 12.0 Å². The number of fused-ring (bicyclic) bond motifs is 1. The van der Waals surface area contributed by atoms with E-state index < -0.39 is 24.1 Å². The fourth-order valence-corrected chi connectivity index (χ4v) is 4.74. The molecule has 0 spiro atoms. The van der Waals surface area contributed by atoms with E-state index in [-0.39, 0.29) is 18.3 Å². The van der Waals surface area contributed by atoms with Crippen LogP contribution in [-0.2, 0) is 24.5 Å². The Balaban J connectivity index is 1.34. The number of ether oxygens (including phenoxy) is 2. The number of carbonyl (C=O) groups excluding carboxylic acids is 1. The molecule has 2 aliphatic rings. The maximum absolute atomic E-state index is 13.1. The maximum atomic E-state index is 13.1. The molecule has 10 nitrogen and oxygen atoms in total. The Morgan fingerprint density at radius 2 is 1.85 bits per heavy atom. The highest BCUT2D eigenvalue weighted by Crippen LogP contribution is 2.45. The number of methoxy groups -OCH3 is 1. The molecule has 0 saturated heterocycles. The number of benzene rings is 1. The first-order chi connectivity index (χ1) is 19.1. The number of aromatic nitrogens is 6. The molecule has 1 fully saturated rings. The molecule has 1 aromatic carbocycles. The van der Waals surface area contributed by atoms with Gasteiger partial charge < -0.3 is 14.0 Å². The van der Waals surface area contributed by atoms with Gasteiger partial charge in [-0.25, -0.2) is 29.7 Å². The van der Waals surface area contributed by atoms with E-state index >= 15 is 0 Å². The number of nitrogens with zero attached hydrogens (tertiary/aromatic N) is 7. The summed E-state index contributed by atoms with van der Waals surface area (Å²) in [6, 6.07) is 6.78. The Morgan fingerprint density at radius 1 is 1.10 bits per heavy atom. The predicted molar refractivity (Wildman–Crippen MR) is 136 cm³/mol. The van der Waals surface area contributed by atoms with Gasteiger partial charge in [-0.2, -0.15) is 13.2 Å². The zero-order valence-electron chi connectivity index (χ0n) is 21.8. The van der Waals surface area contributed by atoms with E-state index in [1.807, 2.05) is 0 Å². The van der Waals surface area contributed by atoms with Gasteiger partial charge in [-0.1, -0.05) is 24.3 Å². The normalized spacial score (nSPS) is 17.0. The third-order valence-electron chi connectivity index (χ3n) is 6.93. The van der Waals surface area contributed by atoms with Crippen LogP contribution in [0.2, 0.25) is 0 Å². The number of alkyl halides is 3. The summed E-state index contributed by atoms with van der Waals surface area (Å²) in [5.74, 6) is 1.54. The molecule has 1 saturated carbocycles. The second-order valence-electron chi connectivity index (χ2n) is 9.76. The number of cyclic esters (lactones) is 1. The van der Waals surface area contributed by atoms with Crippen molar-refractivity contribution in [1.29, 1.82) is 0 Å². The van der Waals surface area contributed by atoms with Crippen LogP contribution in [0.4, 0.5) is 23.8 Å². The number of carbonyl (C=O) groups is 1. The molecule has 0 radical (unpaired) electrons. The van der Waals surface area contributed by atoms with Crippen molar-refractivity contribution in [2.24, 2.45) is 7.05 Å². The number of amides is 1. The number of hydrogen-bond donors (Lipinski definition) is 0. The molecule has 4 heterocycles. The first-order valence-electron chi connectivity index (χ1n) is 12.6. The molecule has 1 aliphatic heterocycles. The Kier molecular flexibility index (Phi) is 6.15. The van der Waals surface area contributed by atoms with Crippen molar-refractivity contribution in [3.8, 4) is 28.7 Å². The number of hydrogen-bond acceptors (Lipinski definition) is 8. The first kappa shape index (κ1) is 25.7. The van der Waals surface area contributed by atoms with Crippen LogP contribution in [0.1, 0.15) is 54.3 Å². The number of halogens is 3. The summed E-state index contributed by atoms with van der Waals surface area (Å²) in [6.45, 7) is 1.86. The van der Waals surface area contributed by atoms with Crippen LogP contribution in [0, 0.1) is 0 Å². The van der Waals surface area contributed by atoms with Gasteiger partial charge in [-0.3, -0.25) is 4.90 Å². The zero-order chi connectivity index (χ0) is 28.2. The fraction of sp³-hybridized carbons (Fsp3) is 0.333. The summed E-state index contributed by atoms with van der Waals surface area (Å²) in [5, 5.41) is 0. The Labute approximate surface area is 226 Å². The van der Waals surface area contributed by atoms with E-state index in [4.69, 9.17) is 14.5 Å². The van der Waals surface area contributed by atoms with Crippen molar-refractivity contribution in [2.45, 2.75) is 44.5 Å². The minimum atomic E-state index is -4.54. The van der Waals surface area contributed by atoms with Crippen molar-refractivity contribution in [1.82, 2.24) is 29.5 Å². The minimum Gasteiger partial charge on any atom is -0.480 e. The van der Waals surface area contributed by atoms with Crippen LogP contribution in [0.3, 0.4) is 0 Å². The van der Waals surface area contributed by atoms with Gasteiger partial charge in [-0.05, 0) is 25.3 Å². The molecule has 1 unspecified atom stereocenters. The summed E-state index contributed by atoms with van der Waals surface area (Å²) < 4.78 is 51.7. The lowest BCUT2D eigenvalue weighted by Gasteiger charge is -2.31. The largest absolute Gasteiger partial charge is 0.480 e. The van der Waals surface area contributed by atoms with Gasteiger partial charge >= 0.3 is 12.3 Å². The van der Waals surface area contributed by atoms with E-state index in [1.165, 1.54) is 30.0 Å². The van der Waals surface area contributed by atoms with Gasteiger partial charge in [0.25, 0.3) is 0 Å². The molecule has 0 N–H and O–H groups in total. The quantitative estimate of drug-likeness (QED) is 0.311. The maximum Gasteiger partial charge on any atom is 0.434 e. The van der Waals surface area contributed by atoms with E-state index in [0.717, 1.165) is 24.7 Å². The van der Waals surface area contributed by atoms with Crippen LogP contribution < -0.4 is 9.64 Å². The number of rotatable bonds is 6. The summed E-state index contributed by atoms with van der Waals surface area (Å²) in [6.07, 6.45) is 0.365. The zero-order valence-corrected chi connectivity index (χ0v) is 21.8. The number of imidazole rings is 1. The third-order valence-corrected chi connectivity index (χ3v) is 6.93. The van der Waals surface area contributed by atoms with Crippen molar-refractivity contribution < 1.29 is 27.4 Å². The molecule has 1 atom stereocenters. The molecular formula is C27H24F3N7O3. The highest BCUT2D eigenvalue weighted by Gasteiger charge is 2.36. The summed E-state index contributed by atoms with van der Waals surface area (Å²) in [4.78, 5) is 36.2. The van der Waals surface area contributed by atoms with Crippen LogP contribution in [-0.4, -0.2) is 42.7 Å². The van der Waals surface area contributed by atoms with Crippen molar-refractivity contribution >= 4 is 11.9 Å². The second-order valence-corrected chi connectivity index (χ2v) is 9.76. The van der Waals surface area contributed by atoms with Gasteiger partial charge in [-0.15, -0.1) is 0 Å². The topological polar surface area (TPSA) is 108 Å². The van der Waals surface area contributed by atoms with Crippen molar-refractivity contribution in [3.63, 3.8) is 0 Å². The highest BCUT2D eigenvalue weighted by molar-refractivity contribution is 5.90. The van der Waals surface area contributed by atoms with Gasteiger partial charge in [0.2, 0.25) is 5.88 Å². The lowest BCUT2D eigenvalue weighted by Crippen LogP contribution is -2.37. The average molecular weight is 552 g/mol. The second kappa shape index (κ2) is 9.57. The molecule has 1 amide bonds. The molecule has 4 aromatic rings.